The lowest BCUT2D eigenvalue weighted by Crippen LogP contribution is -2.17. The molecule has 0 radical (unpaired) electrons. The van der Waals surface area contributed by atoms with Crippen LogP contribution in [0.25, 0.3) is 10.8 Å². The Morgan fingerprint density at radius 1 is 1.23 bits per heavy atom. The zero-order chi connectivity index (χ0) is 15.4. The number of nitrogens with one attached hydrogen (secondary N) is 2. The van der Waals surface area contributed by atoms with Gasteiger partial charge >= 0.3 is 0 Å². The first-order chi connectivity index (χ1) is 10.8. The van der Waals surface area contributed by atoms with Crippen molar-refractivity contribution in [2.75, 3.05) is 13.6 Å². The molecule has 2 aromatic carbocycles. The fraction of sp³-hybridized carbons (Fsp3) is 0.222. The lowest BCUT2D eigenvalue weighted by atomic mass is 9.93. The van der Waals surface area contributed by atoms with Gasteiger partial charge in [0.1, 0.15) is 0 Å². The Balaban J connectivity index is 1.94. The molecule has 0 saturated carbocycles. The van der Waals surface area contributed by atoms with Crippen LogP contribution in [0, 0.1) is 0 Å². The molecule has 112 valence electrons. The van der Waals surface area contributed by atoms with Crippen molar-refractivity contribution in [3.05, 3.63) is 59.9 Å². The zero-order valence-corrected chi connectivity index (χ0v) is 12.5. The third-order valence-corrected chi connectivity index (χ3v) is 3.93. The summed E-state index contributed by atoms with van der Waals surface area (Å²) in [5.74, 6) is 0.247. The van der Waals surface area contributed by atoms with E-state index in [2.05, 4.69) is 33.8 Å². The first-order valence-corrected chi connectivity index (χ1v) is 7.45. The SMILES string of the molecule is CNC(=O)c1ccc2cc(C3C=N/C=C\NCC3)ccc2c1. The van der Waals surface area contributed by atoms with Gasteiger partial charge in [0.2, 0.25) is 0 Å². The lowest BCUT2D eigenvalue weighted by Gasteiger charge is -2.15. The topological polar surface area (TPSA) is 53.5 Å². The van der Waals surface area contributed by atoms with Gasteiger partial charge in [-0.25, -0.2) is 0 Å². The highest BCUT2D eigenvalue weighted by Crippen LogP contribution is 2.24. The first-order valence-electron chi connectivity index (χ1n) is 7.45. The van der Waals surface area contributed by atoms with E-state index in [1.807, 2.05) is 30.6 Å². The van der Waals surface area contributed by atoms with Crippen LogP contribution in [0.3, 0.4) is 0 Å². The van der Waals surface area contributed by atoms with Crippen LogP contribution < -0.4 is 10.6 Å². The molecule has 1 aliphatic heterocycles. The number of carbonyl (C=O) groups excluding carboxylic acids is 1. The lowest BCUT2D eigenvalue weighted by molar-refractivity contribution is 0.0963. The van der Waals surface area contributed by atoms with E-state index in [9.17, 15) is 4.79 Å². The molecule has 2 N–H and O–H groups in total. The molecule has 4 heteroatoms. The highest BCUT2D eigenvalue weighted by Gasteiger charge is 2.11. The molecule has 3 rings (SSSR count). The highest BCUT2D eigenvalue weighted by molar-refractivity contribution is 5.98. The molecule has 1 aliphatic rings. The molecular formula is C18H19N3O. The number of hydrogen-bond acceptors (Lipinski definition) is 3. The normalized spacial score (nSPS) is 19.0. The molecule has 1 atom stereocenters. The number of hydrogen-bond donors (Lipinski definition) is 2. The Labute approximate surface area is 129 Å². The van der Waals surface area contributed by atoms with Crippen molar-refractivity contribution in [3.63, 3.8) is 0 Å². The number of benzene rings is 2. The minimum Gasteiger partial charge on any atom is -0.390 e. The van der Waals surface area contributed by atoms with E-state index in [0.717, 1.165) is 23.7 Å². The predicted molar refractivity (Wildman–Crippen MR) is 90.3 cm³/mol. The Hall–Kier alpha value is -2.62. The summed E-state index contributed by atoms with van der Waals surface area (Å²) in [5, 5.41) is 8.08. The van der Waals surface area contributed by atoms with Crippen LogP contribution in [0.15, 0.2) is 53.8 Å². The van der Waals surface area contributed by atoms with E-state index < -0.39 is 0 Å². The van der Waals surface area contributed by atoms with Crippen molar-refractivity contribution in [2.24, 2.45) is 4.99 Å². The van der Waals surface area contributed by atoms with E-state index in [-0.39, 0.29) is 5.91 Å². The van der Waals surface area contributed by atoms with Crippen LogP contribution in [0.4, 0.5) is 0 Å². The van der Waals surface area contributed by atoms with Crippen LogP contribution in [0.2, 0.25) is 0 Å². The van der Waals surface area contributed by atoms with Crippen molar-refractivity contribution >= 4 is 22.9 Å². The fourth-order valence-electron chi connectivity index (χ4n) is 2.68. The third-order valence-electron chi connectivity index (χ3n) is 3.93. The van der Waals surface area contributed by atoms with Gasteiger partial charge in [-0.2, -0.15) is 0 Å². The van der Waals surface area contributed by atoms with Gasteiger partial charge in [0.05, 0.1) is 0 Å². The molecule has 0 spiro atoms. The summed E-state index contributed by atoms with van der Waals surface area (Å²) in [5.41, 5.74) is 1.94. The van der Waals surface area contributed by atoms with Crippen molar-refractivity contribution in [2.45, 2.75) is 12.3 Å². The van der Waals surface area contributed by atoms with Crippen molar-refractivity contribution in [1.82, 2.24) is 10.6 Å². The van der Waals surface area contributed by atoms with Gasteiger partial charge < -0.3 is 10.6 Å². The van der Waals surface area contributed by atoms with Crippen LogP contribution in [-0.4, -0.2) is 25.7 Å². The second-order valence-electron chi connectivity index (χ2n) is 5.36. The monoisotopic (exact) mass is 293 g/mol. The largest absolute Gasteiger partial charge is 0.390 e. The van der Waals surface area contributed by atoms with Crippen molar-refractivity contribution in [1.29, 1.82) is 0 Å². The van der Waals surface area contributed by atoms with Crippen molar-refractivity contribution < 1.29 is 4.79 Å². The molecule has 1 heterocycles. The molecule has 0 bridgehead atoms. The molecule has 0 aromatic heterocycles. The highest BCUT2D eigenvalue weighted by atomic mass is 16.1. The number of fused-ring (bicyclic) bond motifs is 1. The summed E-state index contributed by atoms with van der Waals surface area (Å²) in [4.78, 5) is 16.0. The fourth-order valence-corrected chi connectivity index (χ4v) is 2.68. The second-order valence-corrected chi connectivity index (χ2v) is 5.36. The van der Waals surface area contributed by atoms with Gasteiger partial charge in [-0.05, 0) is 34.9 Å². The summed E-state index contributed by atoms with van der Waals surface area (Å²) in [7, 11) is 1.64. The number of rotatable bonds is 2. The van der Waals surface area contributed by atoms with E-state index in [0.29, 0.717) is 11.5 Å². The maximum Gasteiger partial charge on any atom is 0.251 e. The number of amides is 1. The van der Waals surface area contributed by atoms with Crippen molar-refractivity contribution in [3.8, 4) is 0 Å². The predicted octanol–water partition coefficient (Wildman–Crippen LogP) is 2.82. The summed E-state index contributed by atoms with van der Waals surface area (Å²) < 4.78 is 0. The average molecular weight is 293 g/mol. The number of carbonyl (C=O) groups is 1. The van der Waals surface area contributed by atoms with Gasteiger partial charge in [-0.3, -0.25) is 9.79 Å². The average Bonchev–Trinajstić information content (AvgIpc) is 2.53. The quantitative estimate of drug-likeness (QED) is 0.894. The summed E-state index contributed by atoms with van der Waals surface area (Å²) in [6.45, 7) is 0.931. The molecule has 0 fully saturated rings. The van der Waals surface area contributed by atoms with E-state index >= 15 is 0 Å². The second kappa shape index (κ2) is 6.43. The first kappa shape index (κ1) is 14.3. The van der Waals surface area contributed by atoms with Gasteiger partial charge in [0, 0.05) is 43.7 Å². The molecule has 4 nitrogen and oxygen atoms in total. The summed E-state index contributed by atoms with van der Waals surface area (Å²) in [6, 6.07) is 12.2. The Kier molecular flexibility index (Phi) is 4.19. The van der Waals surface area contributed by atoms with Crippen LogP contribution in [0.5, 0.6) is 0 Å². The minimum atomic E-state index is -0.0593. The molecule has 1 amide bonds. The van der Waals surface area contributed by atoms with E-state index in [1.165, 1.54) is 5.56 Å². The number of nitrogens with zero attached hydrogens (tertiary/aromatic N) is 1. The van der Waals surface area contributed by atoms with Gasteiger partial charge in [-0.1, -0.05) is 24.3 Å². The van der Waals surface area contributed by atoms with Gasteiger partial charge in [-0.15, -0.1) is 0 Å². The summed E-state index contributed by atoms with van der Waals surface area (Å²) >= 11 is 0. The molecule has 0 saturated heterocycles. The Morgan fingerprint density at radius 2 is 2.05 bits per heavy atom. The Morgan fingerprint density at radius 3 is 2.91 bits per heavy atom. The number of aliphatic imine (C=N–C) groups is 1. The maximum absolute atomic E-state index is 11.7. The van der Waals surface area contributed by atoms with Gasteiger partial charge in [0.15, 0.2) is 0 Å². The molecule has 22 heavy (non-hydrogen) atoms. The van der Waals surface area contributed by atoms with E-state index in [1.54, 1.807) is 13.2 Å². The molecule has 1 unspecified atom stereocenters. The van der Waals surface area contributed by atoms with E-state index in [4.69, 9.17) is 0 Å². The minimum absolute atomic E-state index is 0.0593. The molecule has 0 aliphatic carbocycles. The van der Waals surface area contributed by atoms with Crippen LogP contribution in [0.1, 0.15) is 28.3 Å². The van der Waals surface area contributed by atoms with Crippen LogP contribution in [-0.2, 0) is 0 Å². The van der Waals surface area contributed by atoms with Gasteiger partial charge in [0.25, 0.3) is 5.91 Å². The molecular weight excluding hydrogens is 274 g/mol. The van der Waals surface area contributed by atoms with Crippen LogP contribution >= 0.6 is 0 Å². The zero-order valence-electron chi connectivity index (χ0n) is 12.5. The third kappa shape index (κ3) is 3.01. The smallest absolute Gasteiger partial charge is 0.251 e. The molecule has 2 aromatic rings. The Bertz CT molecular complexity index is 749. The standard InChI is InChI=1S/C18H19N3O/c1-19-18(22)16-5-4-13-10-15(3-2-14(13)11-16)17-6-7-20-8-9-21-12-17/h2-5,8-12,17,20H,6-7H2,1H3,(H,19,22)/b9-8-,21-12?. The summed E-state index contributed by atoms with van der Waals surface area (Å²) in [6.07, 6.45) is 6.66. The maximum atomic E-state index is 11.7.